The van der Waals surface area contributed by atoms with Crippen LogP contribution < -0.4 is 15.4 Å². The first kappa shape index (κ1) is 28.8. The molecule has 4 rings (SSSR count). The molecule has 3 aromatic rings. The average molecular weight is 545 g/mol. The lowest BCUT2D eigenvalue weighted by Gasteiger charge is -2.24. The van der Waals surface area contributed by atoms with Gasteiger partial charge in [0.1, 0.15) is 5.75 Å². The Bertz CT molecular complexity index is 1300. The van der Waals surface area contributed by atoms with E-state index in [1.165, 1.54) is 18.2 Å². The topological polar surface area (TPSA) is 70.6 Å². The maximum absolute atomic E-state index is 13.1. The van der Waals surface area contributed by atoms with Gasteiger partial charge in [-0.1, -0.05) is 42.5 Å². The van der Waals surface area contributed by atoms with E-state index in [9.17, 15) is 23.1 Å². The van der Waals surface area contributed by atoms with Crippen molar-refractivity contribution in [1.82, 2.24) is 0 Å². The molecule has 0 radical (unpaired) electrons. The summed E-state index contributed by atoms with van der Waals surface area (Å²) >= 11 is 0. The number of aliphatic hydroxyl groups is 1. The van der Waals surface area contributed by atoms with E-state index in [0.717, 1.165) is 28.9 Å². The van der Waals surface area contributed by atoms with Gasteiger partial charge in [0.2, 0.25) is 5.91 Å². The van der Waals surface area contributed by atoms with Crippen LogP contribution in [-0.4, -0.2) is 30.3 Å². The summed E-state index contributed by atoms with van der Waals surface area (Å²) in [4.78, 5) is 12.7. The molecule has 0 bridgehead atoms. The largest absolute Gasteiger partial charge is 0.494 e. The second kappa shape index (κ2) is 12.7. The van der Waals surface area contributed by atoms with E-state index in [0.29, 0.717) is 42.1 Å². The number of anilines is 2. The van der Waals surface area contributed by atoms with Gasteiger partial charge in [0.25, 0.3) is 0 Å². The Balaban J connectivity index is 0.00000400. The highest BCUT2D eigenvalue weighted by Gasteiger charge is 2.30. The molecule has 0 spiro atoms. The Morgan fingerprint density at radius 3 is 2.37 bits per heavy atom. The first-order valence-corrected chi connectivity index (χ1v) is 11.9. The van der Waals surface area contributed by atoms with Gasteiger partial charge in [-0.2, -0.15) is 13.2 Å². The van der Waals surface area contributed by atoms with E-state index >= 15 is 0 Å². The number of hydrogen-bond donors (Lipinski definition) is 3. The van der Waals surface area contributed by atoms with Crippen molar-refractivity contribution in [2.45, 2.75) is 25.6 Å². The van der Waals surface area contributed by atoms with E-state index in [1.807, 2.05) is 31.2 Å². The third kappa shape index (κ3) is 7.18. The van der Waals surface area contributed by atoms with E-state index in [4.69, 9.17) is 4.74 Å². The van der Waals surface area contributed by atoms with E-state index < -0.39 is 17.8 Å². The highest BCUT2D eigenvalue weighted by Crippen LogP contribution is 2.32. The molecule has 1 unspecified atom stereocenters. The molecule has 200 valence electrons. The number of aliphatic hydroxyl groups excluding tert-OH is 1. The lowest BCUT2D eigenvalue weighted by molar-refractivity contribution is -0.137. The van der Waals surface area contributed by atoms with E-state index in [-0.39, 0.29) is 18.3 Å². The number of rotatable bonds is 7. The Kier molecular flexibility index (Phi) is 9.61. The highest BCUT2D eigenvalue weighted by atomic mass is 35.5. The van der Waals surface area contributed by atoms with Crippen LogP contribution in [0.2, 0.25) is 0 Å². The van der Waals surface area contributed by atoms with Gasteiger partial charge in [-0.05, 0) is 60.0 Å². The smallest absolute Gasteiger partial charge is 0.416 e. The van der Waals surface area contributed by atoms with Crippen molar-refractivity contribution in [2.24, 2.45) is 0 Å². The molecular weight excluding hydrogens is 517 g/mol. The summed E-state index contributed by atoms with van der Waals surface area (Å²) in [6.07, 6.45) is 0.0553. The molecule has 38 heavy (non-hydrogen) atoms. The zero-order valence-electron chi connectivity index (χ0n) is 20.6. The number of nitrogens with one attached hydrogen (secondary N) is 2. The number of fused-ring (bicyclic) bond motifs is 1. The lowest BCUT2D eigenvalue weighted by atomic mass is 9.96. The second-order valence-corrected chi connectivity index (χ2v) is 8.53. The molecule has 0 aromatic heterocycles. The third-order valence-electron chi connectivity index (χ3n) is 5.91. The quantitative estimate of drug-likeness (QED) is 0.235. The normalized spacial score (nSPS) is 15.3. The van der Waals surface area contributed by atoms with Gasteiger partial charge in [-0.25, -0.2) is 0 Å². The van der Waals surface area contributed by atoms with Crippen molar-refractivity contribution in [1.29, 1.82) is 0 Å². The van der Waals surface area contributed by atoms with Gasteiger partial charge in [-0.15, -0.1) is 12.4 Å². The van der Waals surface area contributed by atoms with Gasteiger partial charge in [0, 0.05) is 36.0 Å². The van der Waals surface area contributed by atoms with Crippen molar-refractivity contribution in [3.63, 3.8) is 0 Å². The van der Waals surface area contributed by atoms with E-state index in [2.05, 4.69) is 10.6 Å². The molecule has 1 heterocycles. The monoisotopic (exact) mass is 544 g/mol. The molecule has 9 heteroatoms. The molecule has 1 atom stereocenters. The fourth-order valence-electron chi connectivity index (χ4n) is 4.13. The van der Waals surface area contributed by atoms with Gasteiger partial charge >= 0.3 is 6.18 Å². The van der Waals surface area contributed by atoms with Crippen molar-refractivity contribution >= 4 is 35.3 Å². The van der Waals surface area contributed by atoms with Crippen LogP contribution in [0.4, 0.5) is 24.5 Å². The number of amides is 1. The molecule has 3 N–H and O–H groups in total. The second-order valence-electron chi connectivity index (χ2n) is 8.53. The number of carbonyl (C=O) groups is 1. The fourth-order valence-corrected chi connectivity index (χ4v) is 4.13. The highest BCUT2D eigenvalue weighted by molar-refractivity contribution is 6.00. The Labute approximate surface area is 225 Å². The number of allylic oxidation sites excluding steroid dienone is 2. The van der Waals surface area contributed by atoms with Crippen LogP contribution in [0, 0.1) is 0 Å². The summed E-state index contributed by atoms with van der Waals surface area (Å²) in [7, 11) is 0. The third-order valence-corrected chi connectivity index (χ3v) is 5.91. The minimum Gasteiger partial charge on any atom is -0.494 e. The zero-order chi connectivity index (χ0) is 26.4. The lowest BCUT2D eigenvalue weighted by Crippen LogP contribution is -2.28. The van der Waals surface area contributed by atoms with Crippen molar-refractivity contribution < 1.29 is 27.8 Å². The van der Waals surface area contributed by atoms with Crippen molar-refractivity contribution in [3.8, 4) is 5.75 Å². The Hall–Kier alpha value is -3.75. The molecule has 1 amide bonds. The van der Waals surface area contributed by atoms with Gasteiger partial charge in [0.05, 0.1) is 18.3 Å². The maximum atomic E-state index is 13.1. The van der Waals surface area contributed by atoms with Gasteiger partial charge in [-0.3, -0.25) is 4.79 Å². The summed E-state index contributed by atoms with van der Waals surface area (Å²) in [5, 5.41) is 16.0. The molecule has 1 aliphatic heterocycles. The first-order chi connectivity index (χ1) is 17.7. The molecular formula is C29H28ClF3N2O3. The van der Waals surface area contributed by atoms with Crippen LogP contribution in [0.15, 0.2) is 85.0 Å². The van der Waals surface area contributed by atoms with Crippen LogP contribution in [0.25, 0.3) is 5.57 Å². The van der Waals surface area contributed by atoms with Crippen LogP contribution in [-0.2, 0) is 17.4 Å². The van der Waals surface area contributed by atoms with Crippen LogP contribution in [0.5, 0.6) is 5.75 Å². The summed E-state index contributed by atoms with van der Waals surface area (Å²) in [5.41, 5.74) is 3.54. The number of β-amino-alcohol motifs (C(OH)–C–C–N with tert-alkyl or cyclic N) is 1. The maximum Gasteiger partial charge on any atom is 0.416 e. The van der Waals surface area contributed by atoms with E-state index in [1.54, 1.807) is 30.4 Å². The fraction of sp³-hybridized carbons (Fsp3) is 0.207. The number of halogens is 4. The van der Waals surface area contributed by atoms with Crippen LogP contribution in [0.3, 0.4) is 0 Å². The molecule has 3 aromatic carbocycles. The summed E-state index contributed by atoms with van der Waals surface area (Å²) in [6.45, 7) is 2.84. The first-order valence-electron chi connectivity index (χ1n) is 11.9. The number of hydrogen-bond acceptors (Lipinski definition) is 4. The zero-order valence-corrected chi connectivity index (χ0v) is 21.4. The minimum atomic E-state index is -4.43. The average Bonchev–Trinajstić information content (AvgIpc) is 2.87. The van der Waals surface area contributed by atoms with Crippen molar-refractivity contribution in [3.05, 3.63) is 107 Å². The summed E-state index contributed by atoms with van der Waals surface area (Å²) in [6, 6.07) is 17.6. The predicted octanol–water partition coefficient (Wildman–Crippen LogP) is 6.48. The predicted molar refractivity (Wildman–Crippen MR) is 146 cm³/mol. The summed E-state index contributed by atoms with van der Waals surface area (Å²) in [5.74, 6) is 0.307. The Morgan fingerprint density at radius 1 is 1.08 bits per heavy atom. The van der Waals surface area contributed by atoms with Gasteiger partial charge in [0.15, 0.2) is 0 Å². The molecule has 0 fully saturated rings. The van der Waals surface area contributed by atoms with Crippen molar-refractivity contribution in [2.75, 3.05) is 23.8 Å². The van der Waals surface area contributed by atoms with Gasteiger partial charge < -0.3 is 20.5 Å². The molecule has 0 aliphatic carbocycles. The Morgan fingerprint density at radius 2 is 1.74 bits per heavy atom. The number of benzene rings is 3. The van der Waals surface area contributed by atoms with Crippen LogP contribution in [0.1, 0.15) is 29.2 Å². The number of ether oxygens (including phenoxy) is 1. The number of carbonyl (C=O) groups excluding carboxylic acids is 1. The SMILES string of the molecule is CCOc1ccc(C(=CC=CC(=O)Nc2cccc3c2CC(O)CN3)c2ccc(C(F)(F)F)cc2)cc1.Cl. The number of alkyl halides is 3. The standard InChI is InChI=1S/C29H27F3N2O3.ClH/c1-2-37-23-15-11-20(12-16-23)24(19-9-13-21(14-10-19)29(30,31)32)5-3-8-28(36)34-27-7-4-6-26-25(27)17-22(35)18-33-26;/h3-16,22,33,35H,2,17-18H2,1H3,(H,34,36);1H. The molecule has 1 aliphatic rings. The molecule has 0 saturated heterocycles. The minimum absolute atomic E-state index is 0. The van der Waals surface area contributed by atoms with Crippen LogP contribution >= 0.6 is 12.4 Å². The summed E-state index contributed by atoms with van der Waals surface area (Å²) < 4.78 is 44.7. The molecule has 5 nitrogen and oxygen atoms in total. The molecule has 0 saturated carbocycles.